The van der Waals surface area contributed by atoms with Crippen LogP contribution in [0.4, 0.5) is 21.9 Å². The first-order valence-electron chi connectivity index (χ1n) is 9.54. The van der Waals surface area contributed by atoms with Gasteiger partial charge in [0, 0.05) is 29.2 Å². The van der Waals surface area contributed by atoms with E-state index in [1.807, 2.05) is 42.5 Å². The lowest BCUT2D eigenvalue weighted by molar-refractivity contribution is 0.0985. The van der Waals surface area contributed by atoms with E-state index in [-0.39, 0.29) is 11.9 Å². The summed E-state index contributed by atoms with van der Waals surface area (Å²) in [4.78, 5) is 27.0. The van der Waals surface area contributed by atoms with Gasteiger partial charge in [-0.1, -0.05) is 41.4 Å². The fourth-order valence-electron chi connectivity index (χ4n) is 3.49. The first-order valence-corrected chi connectivity index (χ1v) is 10.3. The number of nitrogens with one attached hydrogen (secondary N) is 2. The fourth-order valence-corrected chi connectivity index (χ4v) is 3.79. The molecule has 0 radical (unpaired) electrons. The number of amides is 3. The van der Waals surface area contributed by atoms with Crippen molar-refractivity contribution >= 4 is 52.2 Å². The highest BCUT2D eigenvalue weighted by Gasteiger charge is 2.23. The number of nitrogens with zero attached hydrogens (tertiary/aromatic N) is 1. The number of hydrogen-bond acceptors (Lipinski definition) is 2. The summed E-state index contributed by atoms with van der Waals surface area (Å²) in [5.41, 5.74) is 3.76. The molecular formula is C23H19Cl2N3O2. The molecule has 0 saturated heterocycles. The maximum Gasteiger partial charge on any atom is 0.323 e. The van der Waals surface area contributed by atoms with Crippen molar-refractivity contribution in [2.75, 3.05) is 22.1 Å². The topological polar surface area (TPSA) is 61.4 Å². The van der Waals surface area contributed by atoms with Gasteiger partial charge in [-0.15, -0.1) is 0 Å². The summed E-state index contributed by atoms with van der Waals surface area (Å²) in [6.45, 7) is 0.672. The quantitative estimate of drug-likeness (QED) is 0.507. The number of benzene rings is 3. The maximum absolute atomic E-state index is 12.9. The van der Waals surface area contributed by atoms with Crippen LogP contribution < -0.4 is 15.5 Å². The predicted molar refractivity (Wildman–Crippen MR) is 122 cm³/mol. The largest absolute Gasteiger partial charge is 0.323 e. The fraction of sp³-hybridized carbons (Fsp3) is 0.130. The highest BCUT2D eigenvalue weighted by molar-refractivity contribution is 6.42. The zero-order valence-electron chi connectivity index (χ0n) is 16.0. The molecule has 0 fully saturated rings. The van der Waals surface area contributed by atoms with E-state index in [1.54, 1.807) is 29.2 Å². The summed E-state index contributed by atoms with van der Waals surface area (Å²) in [5, 5.41) is 6.34. The van der Waals surface area contributed by atoms with Gasteiger partial charge >= 0.3 is 6.03 Å². The first kappa shape index (κ1) is 20.3. The Labute approximate surface area is 184 Å². The van der Waals surface area contributed by atoms with Crippen LogP contribution in [-0.4, -0.2) is 18.5 Å². The lowest BCUT2D eigenvalue weighted by Crippen LogP contribution is -2.35. The molecule has 1 heterocycles. The number of aryl methyl sites for hydroxylation is 1. The predicted octanol–water partition coefficient (Wildman–Crippen LogP) is 6.23. The molecule has 0 aromatic heterocycles. The summed E-state index contributed by atoms with van der Waals surface area (Å²) in [6.07, 6.45) is 1.71. The van der Waals surface area contributed by atoms with Crippen LogP contribution in [0.5, 0.6) is 0 Å². The number of carbonyl (C=O) groups excluding carboxylic acids is 2. The van der Waals surface area contributed by atoms with Crippen molar-refractivity contribution in [1.29, 1.82) is 0 Å². The first-order chi connectivity index (χ1) is 14.5. The van der Waals surface area contributed by atoms with E-state index in [0.29, 0.717) is 33.5 Å². The summed E-state index contributed by atoms with van der Waals surface area (Å²) < 4.78 is 0. The maximum atomic E-state index is 12.9. The third kappa shape index (κ3) is 4.42. The van der Waals surface area contributed by atoms with Gasteiger partial charge in [-0.2, -0.15) is 0 Å². The van der Waals surface area contributed by atoms with Crippen molar-refractivity contribution in [3.63, 3.8) is 0 Å². The molecule has 0 unspecified atom stereocenters. The van der Waals surface area contributed by atoms with E-state index in [1.165, 1.54) is 0 Å². The van der Waals surface area contributed by atoms with E-state index in [0.717, 1.165) is 24.1 Å². The second-order valence-corrected chi connectivity index (χ2v) is 7.79. The molecule has 3 aromatic rings. The van der Waals surface area contributed by atoms with Gasteiger partial charge in [0.15, 0.2) is 0 Å². The van der Waals surface area contributed by atoms with E-state index < -0.39 is 0 Å². The van der Waals surface area contributed by atoms with Crippen molar-refractivity contribution < 1.29 is 9.59 Å². The summed E-state index contributed by atoms with van der Waals surface area (Å²) >= 11 is 11.9. The standard InChI is InChI=1S/C23H19Cl2N3O2/c24-19-10-8-18(14-20(19)25)27-23(30)26-17-9-11-21-16(13-17)7-4-12-28(21)22(29)15-5-2-1-3-6-15/h1-3,5-6,8-11,13-14H,4,7,12H2,(H2,26,27,30). The van der Waals surface area contributed by atoms with Crippen LogP contribution in [0.25, 0.3) is 0 Å². The molecule has 3 amide bonds. The molecule has 0 saturated carbocycles. The van der Waals surface area contributed by atoms with Crippen molar-refractivity contribution in [3.8, 4) is 0 Å². The highest BCUT2D eigenvalue weighted by atomic mass is 35.5. The normalized spacial score (nSPS) is 12.8. The zero-order chi connectivity index (χ0) is 21.1. The third-order valence-corrected chi connectivity index (χ3v) is 5.64. The molecule has 0 bridgehead atoms. The Morgan fingerprint density at radius 1 is 0.833 bits per heavy atom. The minimum absolute atomic E-state index is 0.0189. The van der Waals surface area contributed by atoms with E-state index in [9.17, 15) is 9.59 Å². The van der Waals surface area contributed by atoms with Crippen LogP contribution in [0.2, 0.25) is 10.0 Å². The lowest BCUT2D eigenvalue weighted by atomic mass is 10.00. The molecule has 7 heteroatoms. The Bertz CT molecular complexity index is 1100. The van der Waals surface area contributed by atoms with Gasteiger partial charge in [-0.05, 0) is 66.9 Å². The number of urea groups is 1. The van der Waals surface area contributed by atoms with Crippen LogP contribution in [0.3, 0.4) is 0 Å². The lowest BCUT2D eigenvalue weighted by Gasteiger charge is -2.30. The second-order valence-electron chi connectivity index (χ2n) is 6.98. The van der Waals surface area contributed by atoms with Crippen LogP contribution in [0.15, 0.2) is 66.7 Å². The monoisotopic (exact) mass is 439 g/mol. The van der Waals surface area contributed by atoms with Gasteiger partial charge in [-0.3, -0.25) is 4.79 Å². The van der Waals surface area contributed by atoms with Crippen molar-refractivity contribution in [2.45, 2.75) is 12.8 Å². The molecule has 0 aliphatic carbocycles. The number of fused-ring (bicyclic) bond motifs is 1. The average Bonchev–Trinajstić information content (AvgIpc) is 2.76. The van der Waals surface area contributed by atoms with Gasteiger partial charge in [0.1, 0.15) is 0 Å². The van der Waals surface area contributed by atoms with Gasteiger partial charge in [-0.25, -0.2) is 4.79 Å². The summed E-state index contributed by atoms with van der Waals surface area (Å²) in [7, 11) is 0. The molecule has 0 atom stereocenters. The molecule has 5 nitrogen and oxygen atoms in total. The van der Waals surface area contributed by atoms with Crippen LogP contribution in [0, 0.1) is 0 Å². The Morgan fingerprint density at radius 3 is 2.27 bits per heavy atom. The minimum atomic E-state index is -0.388. The van der Waals surface area contributed by atoms with Gasteiger partial charge < -0.3 is 15.5 Å². The number of halogens is 2. The third-order valence-electron chi connectivity index (χ3n) is 4.90. The Kier molecular flexibility index (Phi) is 5.93. The molecule has 3 aromatic carbocycles. The number of rotatable bonds is 3. The number of anilines is 3. The Morgan fingerprint density at radius 2 is 1.53 bits per heavy atom. The number of carbonyl (C=O) groups is 2. The molecule has 30 heavy (non-hydrogen) atoms. The molecule has 4 rings (SSSR count). The second kappa shape index (κ2) is 8.78. The molecule has 1 aliphatic heterocycles. The van der Waals surface area contributed by atoms with E-state index in [4.69, 9.17) is 23.2 Å². The SMILES string of the molecule is O=C(Nc1ccc(Cl)c(Cl)c1)Nc1ccc2c(c1)CCCN2C(=O)c1ccccc1. The summed E-state index contributed by atoms with van der Waals surface area (Å²) in [5.74, 6) is -0.0189. The minimum Gasteiger partial charge on any atom is -0.308 e. The van der Waals surface area contributed by atoms with Crippen LogP contribution in [0.1, 0.15) is 22.3 Å². The zero-order valence-corrected chi connectivity index (χ0v) is 17.5. The van der Waals surface area contributed by atoms with Gasteiger partial charge in [0.25, 0.3) is 5.91 Å². The van der Waals surface area contributed by atoms with E-state index >= 15 is 0 Å². The number of hydrogen-bond donors (Lipinski definition) is 2. The van der Waals surface area contributed by atoms with E-state index in [2.05, 4.69) is 10.6 Å². The van der Waals surface area contributed by atoms with Gasteiger partial charge in [0.2, 0.25) is 0 Å². The van der Waals surface area contributed by atoms with Gasteiger partial charge in [0.05, 0.1) is 10.0 Å². The Hall–Kier alpha value is -3.02. The van der Waals surface area contributed by atoms with Crippen molar-refractivity contribution in [2.24, 2.45) is 0 Å². The Balaban J connectivity index is 1.48. The van der Waals surface area contributed by atoms with Crippen molar-refractivity contribution in [1.82, 2.24) is 0 Å². The van der Waals surface area contributed by atoms with Crippen LogP contribution in [-0.2, 0) is 6.42 Å². The molecule has 152 valence electrons. The molecule has 0 spiro atoms. The molecule has 2 N–H and O–H groups in total. The average molecular weight is 440 g/mol. The van der Waals surface area contributed by atoms with Crippen molar-refractivity contribution in [3.05, 3.63) is 87.9 Å². The molecular weight excluding hydrogens is 421 g/mol. The smallest absolute Gasteiger partial charge is 0.308 e. The highest BCUT2D eigenvalue weighted by Crippen LogP contribution is 2.31. The summed E-state index contributed by atoms with van der Waals surface area (Å²) in [6, 6.07) is 19.3. The van der Waals surface area contributed by atoms with Crippen LogP contribution >= 0.6 is 23.2 Å². The molecule has 1 aliphatic rings.